The maximum atomic E-state index is 10.8. The second-order valence-corrected chi connectivity index (χ2v) is 4.45. The van der Waals surface area contributed by atoms with E-state index in [9.17, 15) is 10.1 Å². The fourth-order valence-corrected chi connectivity index (χ4v) is 1.74. The molecule has 0 aliphatic rings. The lowest BCUT2D eigenvalue weighted by Crippen LogP contribution is -2.03. The third-order valence-corrected chi connectivity index (χ3v) is 2.69. The van der Waals surface area contributed by atoms with Gasteiger partial charge in [-0.2, -0.15) is 0 Å². The number of allylic oxidation sites excluding steroid dienone is 1. The van der Waals surface area contributed by atoms with Crippen molar-refractivity contribution < 1.29 is 4.92 Å². The molecule has 0 unspecified atom stereocenters. The van der Waals surface area contributed by atoms with Gasteiger partial charge in [-0.3, -0.25) is 10.1 Å². The molecule has 0 saturated carbocycles. The van der Waals surface area contributed by atoms with Crippen molar-refractivity contribution in [1.29, 1.82) is 0 Å². The summed E-state index contributed by atoms with van der Waals surface area (Å²) in [7, 11) is 0. The Kier molecular flexibility index (Phi) is 5.24. The molecule has 0 radical (unpaired) electrons. The van der Waals surface area contributed by atoms with Crippen LogP contribution in [0.2, 0.25) is 0 Å². The van der Waals surface area contributed by atoms with Crippen LogP contribution < -0.4 is 5.32 Å². The van der Waals surface area contributed by atoms with Crippen LogP contribution in [0.1, 0.15) is 13.3 Å². The molecule has 1 aromatic rings. The fourth-order valence-electron chi connectivity index (χ4n) is 1.26. The number of nitro benzene ring substituents is 1. The van der Waals surface area contributed by atoms with Gasteiger partial charge in [-0.05, 0) is 48.1 Å². The molecule has 0 aromatic heterocycles. The summed E-state index contributed by atoms with van der Waals surface area (Å²) in [5.74, 6) is 0. The minimum absolute atomic E-state index is 0.132. The van der Waals surface area contributed by atoms with E-state index in [0.717, 1.165) is 9.99 Å². The number of hydrogen-bond donors (Lipinski definition) is 1. The minimum atomic E-state index is -0.361. The Morgan fingerprint density at radius 1 is 1.56 bits per heavy atom. The van der Waals surface area contributed by atoms with Crippen molar-refractivity contribution in [3.05, 3.63) is 44.0 Å². The molecule has 0 amide bonds. The lowest BCUT2D eigenvalue weighted by atomic mass is 10.2. The number of halogens is 1. The largest absolute Gasteiger partial charge is 0.379 e. The van der Waals surface area contributed by atoms with E-state index in [-0.39, 0.29) is 10.6 Å². The molecule has 5 heteroatoms. The summed E-state index contributed by atoms with van der Waals surface area (Å²) < 4.78 is 0.864. The van der Waals surface area contributed by atoms with Crippen LogP contribution in [0, 0.1) is 13.7 Å². The van der Waals surface area contributed by atoms with Crippen molar-refractivity contribution in [3.63, 3.8) is 0 Å². The number of nitrogens with zero attached hydrogens (tertiary/aromatic N) is 1. The van der Waals surface area contributed by atoms with Gasteiger partial charge in [0.15, 0.2) is 0 Å². The average Bonchev–Trinajstić information content (AvgIpc) is 2.26. The van der Waals surface area contributed by atoms with Crippen LogP contribution in [0.3, 0.4) is 0 Å². The van der Waals surface area contributed by atoms with E-state index >= 15 is 0 Å². The van der Waals surface area contributed by atoms with Crippen molar-refractivity contribution >= 4 is 34.0 Å². The van der Waals surface area contributed by atoms with E-state index in [0.29, 0.717) is 12.2 Å². The van der Waals surface area contributed by atoms with E-state index in [1.54, 1.807) is 12.1 Å². The Bertz CT molecular complexity index is 405. The maximum Gasteiger partial charge on any atom is 0.293 e. The molecule has 1 rings (SSSR count). The van der Waals surface area contributed by atoms with Gasteiger partial charge in [-0.25, -0.2) is 0 Å². The topological polar surface area (TPSA) is 55.2 Å². The standard InChI is InChI=1S/C11H13IN2O2/c1-2-3-4-7-13-10-6-5-9(12)8-11(10)14(15)16/h2-3,5-6,8,13H,4,7H2,1H3/b3-2+. The lowest BCUT2D eigenvalue weighted by Gasteiger charge is -2.05. The number of rotatable bonds is 5. The van der Waals surface area contributed by atoms with Gasteiger partial charge in [0.25, 0.3) is 5.69 Å². The van der Waals surface area contributed by atoms with Crippen molar-refractivity contribution in [3.8, 4) is 0 Å². The highest BCUT2D eigenvalue weighted by molar-refractivity contribution is 14.1. The van der Waals surface area contributed by atoms with Gasteiger partial charge < -0.3 is 5.32 Å². The van der Waals surface area contributed by atoms with Crippen molar-refractivity contribution in [2.75, 3.05) is 11.9 Å². The molecular formula is C11H13IN2O2. The van der Waals surface area contributed by atoms with Crippen LogP contribution in [0.5, 0.6) is 0 Å². The molecule has 0 aliphatic heterocycles. The summed E-state index contributed by atoms with van der Waals surface area (Å²) >= 11 is 2.06. The second-order valence-electron chi connectivity index (χ2n) is 3.20. The molecule has 0 saturated heterocycles. The summed E-state index contributed by atoms with van der Waals surface area (Å²) in [4.78, 5) is 10.5. The van der Waals surface area contributed by atoms with Crippen LogP contribution in [-0.2, 0) is 0 Å². The van der Waals surface area contributed by atoms with Crippen LogP contribution in [0.15, 0.2) is 30.4 Å². The molecule has 0 bridgehead atoms. The van der Waals surface area contributed by atoms with Crippen molar-refractivity contribution in [2.45, 2.75) is 13.3 Å². The molecule has 0 spiro atoms. The van der Waals surface area contributed by atoms with Gasteiger partial charge in [-0.1, -0.05) is 12.2 Å². The van der Waals surface area contributed by atoms with E-state index in [2.05, 4.69) is 27.9 Å². The number of nitrogens with one attached hydrogen (secondary N) is 1. The van der Waals surface area contributed by atoms with Crippen LogP contribution in [-0.4, -0.2) is 11.5 Å². The molecular weight excluding hydrogens is 319 g/mol. The molecule has 0 fully saturated rings. The average molecular weight is 332 g/mol. The van der Waals surface area contributed by atoms with Gasteiger partial charge in [0.05, 0.1) is 4.92 Å². The Morgan fingerprint density at radius 3 is 2.94 bits per heavy atom. The van der Waals surface area contributed by atoms with E-state index in [4.69, 9.17) is 0 Å². The zero-order chi connectivity index (χ0) is 12.0. The molecule has 4 nitrogen and oxygen atoms in total. The van der Waals surface area contributed by atoms with Gasteiger partial charge in [0.1, 0.15) is 5.69 Å². The molecule has 0 aliphatic carbocycles. The monoisotopic (exact) mass is 332 g/mol. The molecule has 86 valence electrons. The highest BCUT2D eigenvalue weighted by atomic mass is 127. The first-order valence-corrected chi connectivity index (χ1v) is 6.02. The highest BCUT2D eigenvalue weighted by Gasteiger charge is 2.12. The van der Waals surface area contributed by atoms with Crippen LogP contribution in [0.25, 0.3) is 0 Å². The second kappa shape index (κ2) is 6.47. The van der Waals surface area contributed by atoms with Crippen molar-refractivity contribution in [1.82, 2.24) is 0 Å². The summed E-state index contributed by atoms with van der Waals surface area (Å²) in [6, 6.07) is 5.17. The van der Waals surface area contributed by atoms with E-state index < -0.39 is 0 Å². The normalized spacial score (nSPS) is 10.6. The zero-order valence-corrected chi connectivity index (χ0v) is 11.1. The molecule has 16 heavy (non-hydrogen) atoms. The quantitative estimate of drug-likeness (QED) is 0.295. The fraction of sp³-hybridized carbons (Fsp3) is 0.273. The Labute approximate surface area is 108 Å². The first-order valence-electron chi connectivity index (χ1n) is 4.94. The Hall–Kier alpha value is -1.11. The number of hydrogen-bond acceptors (Lipinski definition) is 3. The number of benzene rings is 1. The number of nitro groups is 1. The zero-order valence-electron chi connectivity index (χ0n) is 8.94. The van der Waals surface area contributed by atoms with Gasteiger partial charge in [-0.15, -0.1) is 0 Å². The third kappa shape index (κ3) is 3.80. The highest BCUT2D eigenvalue weighted by Crippen LogP contribution is 2.26. The van der Waals surface area contributed by atoms with Gasteiger partial charge in [0, 0.05) is 16.2 Å². The summed E-state index contributed by atoms with van der Waals surface area (Å²) in [5, 5.41) is 13.9. The Balaban J connectivity index is 2.75. The predicted molar refractivity (Wildman–Crippen MR) is 73.7 cm³/mol. The summed E-state index contributed by atoms with van der Waals surface area (Å²) in [6.45, 7) is 2.65. The van der Waals surface area contributed by atoms with E-state index in [1.807, 2.05) is 25.1 Å². The first-order chi connectivity index (χ1) is 7.65. The minimum Gasteiger partial charge on any atom is -0.379 e. The van der Waals surface area contributed by atoms with Gasteiger partial charge >= 0.3 is 0 Å². The molecule has 0 heterocycles. The molecule has 1 N–H and O–H groups in total. The summed E-state index contributed by atoms with van der Waals surface area (Å²) in [5.41, 5.74) is 0.710. The first kappa shape index (κ1) is 13.0. The van der Waals surface area contributed by atoms with Crippen LogP contribution in [0.4, 0.5) is 11.4 Å². The predicted octanol–water partition coefficient (Wildman–Crippen LogP) is 3.58. The van der Waals surface area contributed by atoms with Crippen LogP contribution >= 0.6 is 22.6 Å². The van der Waals surface area contributed by atoms with Gasteiger partial charge in [0.2, 0.25) is 0 Å². The Morgan fingerprint density at radius 2 is 2.31 bits per heavy atom. The molecule has 1 aromatic carbocycles. The maximum absolute atomic E-state index is 10.8. The number of anilines is 1. The molecule has 0 atom stereocenters. The summed E-state index contributed by atoms with van der Waals surface area (Å²) in [6.07, 6.45) is 4.84. The lowest BCUT2D eigenvalue weighted by molar-refractivity contribution is -0.384. The smallest absolute Gasteiger partial charge is 0.293 e. The van der Waals surface area contributed by atoms with E-state index in [1.165, 1.54) is 0 Å². The SMILES string of the molecule is C/C=C/CCNc1ccc(I)cc1[N+](=O)[O-]. The van der Waals surface area contributed by atoms with Crippen molar-refractivity contribution in [2.24, 2.45) is 0 Å². The third-order valence-electron chi connectivity index (χ3n) is 2.02.